The van der Waals surface area contributed by atoms with E-state index in [0.29, 0.717) is 5.57 Å². The molecule has 13 nitrogen and oxygen atoms in total. The highest BCUT2D eigenvalue weighted by Crippen LogP contribution is 2.73. The maximum atomic E-state index is 12.8. The van der Waals surface area contributed by atoms with E-state index < -0.39 is 113 Å². The lowest BCUT2D eigenvalue weighted by molar-refractivity contribution is -0.356. The number of carbonyl (C=O) groups excluding carboxylic acids is 1. The molecular weight excluding hydrogens is 532 g/mol. The Kier molecular flexibility index (Phi) is 6.42. The van der Waals surface area contributed by atoms with E-state index >= 15 is 0 Å². The second-order valence-corrected chi connectivity index (χ2v) is 13.2. The van der Waals surface area contributed by atoms with Crippen molar-refractivity contribution in [2.24, 2.45) is 28.6 Å². The standard InChI is InChI=1S/C27H40O13/c1-9-4-13(39-12-5-10(7-28)15(29)17(31)16(12)30)20(33)24(2)11(9)6-14-26-8-38-25(3,21(34)18(32)19(24)26)27(26,37)22(35)23(36)40-14/h4,10-22,28-35,37H,5-8H2,1-3H3/t10-,11+,12-,13+,14-,15-,16+,17+,18-,19-,20-,21+,22+,24+,25-,26-,27-/m1/s1. The van der Waals surface area contributed by atoms with Crippen molar-refractivity contribution in [3.8, 4) is 0 Å². The molecule has 0 aromatic carbocycles. The molecule has 3 saturated carbocycles. The molecule has 0 radical (unpaired) electrons. The second-order valence-electron chi connectivity index (χ2n) is 13.2. The molecule has 0 amide bonds. The van der Waals surface area contributed by atoms with Crippen LogP contribution in [0, 0.1) is 28.6 Å². The second kappa shape index (κ2) is 8.89. The molecule has 17 atom stereocenters. The van der Waals surface area contributed by atoms with Crippen LogP contribution in [0.4, 0.5) is 0 Å². The number of hydrogen-bond donors (Lipinski definition) is 9. The van der Waals surface area contributed by atoms with Gasteiger partial charge in [-0.2, -0.15) is 0 Å². The van der Waals surface area contributed by atoms with Crippen molar-refractivity contribution in [2.45, 2.75) is 106 Å². The van der Waals surface area contributed by atoms with Crippen LogP contribution in [0.2, 0.25) is 0 Å². The van der Waals surface area contributed by atoms with E-state index in [1.165, 1.54) is 6.92 Å². The summed E-state index contributed by atoms with van der Waals surface area (Å²) in [6.45, 7) is 4.09. The van der Waals surface area contributed by atoms with Crippen LogP contribution in [-0.2, 0) is 19.0 Å². The molecule has 2 heterocycles. The molecule has 0 unspecified atom stereocenters. The third kappa shape index (κ3) is 3.07. The lowest BCUT2D eigenvalue weighted by atomic mass is 9.36. The molecule has 6 aliphatic rings. The zero-order chi connectivity index (χ0) is 29.3. The van der Waals surface area contributed by atoms with Gasteiger partial charge in [0.25, 0.3) is 0 Å². The number of allylic oxidation sites excluding steroid dienone is 1. The Morgan fingerprint density at radius 1 is 0.975 bits per heavy atom. The summed E-state index contributed by atoms with van der Waals surface area (Å²) in [7, 11) is 0. The van der Waals surface area contributed by atoms with Gasteiger partial charge in [0.1, 0.15) is 41.7 Å². The third-order valence-corrected chi connectivity index (χ3v) is 11.8. The minimum atomic E-state index is -2.35. The van der Waals surface area contributed by atoms with Gasteiger partial charge in [-0.25, -0.2) is 4.79 Å². The topological polar surface area (TPSA) is 227 Å². The van der Waals surface area contributed by atoms with Gasteiger partial charge in [0, 0.05) is 23.9 Å². The van der Waals surface area contributed by atoms with E-state index in [-0.39, 0.29) is 19.4 Å². The summed E-state index contributed by atoms with van der Waals surface area (Å²) in [6.07, 6.45) is -12.6. The van der Waals surface area contributed by atoms with Crippen LogP contribution in [0.3, 0.4) is 0 Å². The summed E-state index contributed by atoms with van der Waals surface area (Å²) in [6, 6.07) is 0. The number of fused-ring (bicyclic) bond motifs is 2. The Balaban J connectivity index is 1.44. The molecule has 5 fully saturated rings. The molecule has 9 N–H and O–H groups in total. The molecular formula is C27H40O13. The lowest BCUT2D eigenvalue weighted by Gasteiger charge is -2.71. The highest BCUT2D eigenvalue weighted by molar-refractivity contribution is 5.79. The number of rotatable bonds is 3. The van der Waals surface area contributed by atoms with Crippen molar-refractivity contribution < 1.29 is 65.0 Å². The van der Waals surface area contributed by atoms with Crippen molar-refractivity contribution >= 4 is 5.97 Å². The Morgan fingerprint density at radius 2 is 1.65 bits per heavy atom. The van der Waals surface area contributed by atoms with E-state index in [0.717, 1.165) is 0 Å². The molecule has 0 aromatic heterocycles. The van der Waals surface area contributed by atoms with Crippen molar-refractivity contribution in [1.29, 1.82) is 0 Å². The van der Waals surface area contributed by atoms with Gasteiger partial charge >= 0.3 is 5.97 Å². The predicted molar refractivity (Wildman–Crippen MR) is 131 cm³/mol. The SMILES string of the molecule is CC1=C[C@H](O[C@@H]2C[C@H](CO)[C@@H](O)[C@H](O)[C@H]2O)[C@@H](O)[C@]2(C)[C@H]3[C@@H](O)[C@H](O)[C@@]4(C)OC[C@@]35[C@@H](C[C@@H]12)OC(=O)[C@H](O)[C@]54O. The quantitative estimate of drug-likeness (QED) is 0.117. The molecule has 2 aliphatic heterocycles. The van der Waals surface area contributed by atoms with E-state index in [1.54, 1.807) is 19.9 Å². The fourth-order valence-electron chi connectivity index (χ4n) is 9.61. The molecule has 2 saturated heterocycles. The third-order valence-electron chi connectivity index (χ3n) is 11.8. The van der Waals surface area contributed by atoms with Crippen molar-refractivity contribution in [3.63, 3.8) is 0 Å². The summed E-state index contributed by atoms with van der Waals surface area (Å²) in [5.41, 5.74) is -6.48. The molecule has 40 heavy (non-hydrogen) atoms. The van der Waals surface area contributed by atoms with Gasteiger partial charge in [-0.1, -0.05) is 18.6 Å². The number of aliphatic hydroxyl groups is 9. The minimum Gasteiger partial charge on any atom is -0.460 e. The first-order valence-corrected chi connectivity index (χ1v) is 13.9. The Bertz CT molecular complexity index is 1100. The number of carbonyl (C=O) groups is 1. The summed E-state index contributed by atoms with van der Waals surface area (Å²) >= 11 is 0. The maximum absolute atomic E-state index is 12.8. The highest BCUT2D eigenvalue weighted by Gasteiger charge is 2.88. The van der Waals surface area contributed by atoms with Crippen LogP contribution in [0.5, 0.6) is 0 Å². The van der Waals surface area contributed by atoms with Crippen LogP contribution < -0.4 is 0 Å². The van der Waals surface area contributed by atoms with Crippen LogP contribution in [-0.4, -0.2) is 137 Å². The average Bonchev–Trinajstić information content (AvgIpc) is 3.10. The molecule has 4 aliphatic carbocycles. The molecule has 1 spiro atoms. The van der Waals surface area contributed by atoms with E-state index in [4.69, 9.17) is 14.2 Å². The van der Waals surface area contributed by atoms with Gasteiger partial charge in [-0.3, -0.25) is 0 Å². The van der Waals surface area contributed by atoms with Crippen LogP contribution in [0.1, 0.15) is 33.6 Å². The molecule has 226 valence electrons. The first-order chi connectivity index (χ1) is 18.6. The van der Waals surface area contributed by atoms with Gasteiger partial charge in [0.15, 0.2) is 6.10 Å². The maximum Gasteiger partial charge on any atom is 0.338 e. The summed E-state index contributed by atoms with van der Waals surface area (Å²) in [5, 5.41) is 99.1. The highest BCUT2D eigenvalue weighted by atomic mass is 16.6. The Morgan fingerprint density at radius 3 is 2.30 bits per heavy atom. The van der Waals surface area contributed by atoms with Gasteiger partial charge in [0.2, 0.25) is 0 Å². The van der Waals surface area contributed by atoms with Crippen LogP contribution in [0.25, 0.3) is 0 Å². The number of ether oxygens (including phenoxy) is 3. The molecule has 13 heteroatoms. The van der Waals surface area contributed by atoms with Crippen LogP contribution >= 0.6 is 0 Å². The Labute approximate surface area is 230 Å². The van der Waals surface area contributed by atoms with Crippen molar-refractivity contribution in [2.75, 3.05) is 13.2 Å². The van der Waals surface area contributed by atoms with Gasteiger partial charge < -0.3 is 60.2 Å². The fraction of sp³-hybridized carbons (Fsp3) is 0.889. The molecule has 0 aromatic rings. The number of aliphatic hydroxyl groups excluding tert-OH is 8. The van der Waals surface area contributed by atoms with Crippen LogP contribution in [0.15, 0.2) is 11.6 Å². The molecule has 2 bridgehead atoms. The average molecular weight is 573 g/mol. The van der Waals surface area contributed by atoms with Gasteiger partial charge in [-0.15, -0.1) is 0 Å². The largest absolute Gasteiger partial charge is 0.460 e. The van der Waals surface area contributed by atoms with Crippen molar-refractivity contribution in [3.05, 3.63) is 11.6 Å². The van der Waals surface area contributed by atoms with Gasteiger partial charge in [0.05, 0.1) is 36.4 Å². The van der Waals surface area contributed by atoms with E-state index in [1.807, 2.05) is 0 Å². The molecule has 6 rings (SSSR count). The predicted octanol–water partition coefficient (Wildman–Crippen LogP) is -3.67. The smallest absolute Gasteiger partial charge is 0.338 e. The summed E-state index contributed by atoms with van der Waals surface area (Å²) < 4.78 is 17.8. The van der Waals surface area contributed by atoms with Gasteiger partial charge in [-0.05, 0) is 32.6 Å². The summed E-state index contributed by atoms with van der Waals surface area (Å²) in [4.78, 5) is 12.8. The minimum absolute atomic E-state index is 0.00296. The number of hydrogen-bond acceptors (Lipinski definition) is 13. The van der Waals surface area contributed by atoms with E-state index in [2.05, 4.69) is 0 Å². The normalized spacial score (nSPS) is 60.9. The first kappa shape index (κ1) is 28.9. The summed E-state index contributed by atoms with van der Waals surface area (Å²) in [5.74, 6) is -3.50. The zero-order valence-electron chi connectivity index (χ0n) is 22.6. The Hall–Kier alpha value is -1.23. The first-order valence-electron chi connectivity index (χ1n) is 13.9. The van der Waals surface area contributed by atoms with Crippen molar-refractivity contribution in [1.82, 2.24) is 0 Å². The number of esters is 1. The monoisotopic (exact) mass is 572 g/mol. The zero-order valence-corrected chi connectivity index (χ0v) is 22.6. The fourth-order valence-corrected chi connectivity index (χ4v) is 9.61. The lowest BCUT2D eigenvalue weighted by Crippen LogP contribution is -2.86. The van der Waals surface area contributed by atoms with E-state index in [9.17, 15) is 50.8 Å².